The van der Waals surface area contributed by atoms with E-state index < -0.39 is 18.0 Å². The molecule has 0 bridgehead atoms. The van der Waals surface area contributed by atoms with Gasteiger partial charge in [-0.15, -0.1) is 5.10 Å². The number of hydrogen-bond acceptors (Lipinski definition) is 7. The van der Waals surface area contributed by atoms with E-state index in [1.165, 1.54) is 25.3 Å². The lowest BCUT2D eigenvalue weighted by molar-refractivity contribution is -0.157. The highest BCUT2D eigenvalue weighted by Crippen LogP contribution is 2.39. The maximum Gasteiger partial charge on any atom is 0.361 e. The molecule has 2 heterocycles. The van der Waals surface area contributed by atoms with E-state index in [0.29, 0.717) is 0 Å². The summed E-state index contributed by atoms with van der Waals surface area (Å²) in [5, 5.41) is 7.82. The van der Waals surface area contributed by atoms with Crippen molar-refractivity contribution in [2.75, 3.05) is 14.2 Å². The van der Waals surface area contributed by atoms with Crippen LogP contribution in [0.4, 0.5) is 0 Å². The van der Waals surface area contributed by atoms with Crippen LogP contribution in [-0.2, 0) is 14.3 Å². The summed E-state index contributed by atoms with van der Waals surface area (Å²) >= 11 is 0. The van der Waals surface area contributed by atoms with Gasteiger partial charge in [0.1, 0.15) is 0 Å². The van der Waals surface area contributed by atoms with Crippen molar-refractivity contribution >= 4 is 23.9 Å². The molecule has 0 spiro atoms. The summed E-state index contributed by atoms with van der Waals surface area (Å²) in [6.07, 6.45) is 9.14. The number of methoxy groups -OCH3 is 2. The molecule has 1 saturated heterocycles. The van der Waals surface area contributed by atoms with E-state index in [-0.39, 0.29) is 29.4 Å². The summed E-state index contributed by atoms with van der Waals surface area (Å²) in [7, 11) is 2.39. The quantitative estimate of drug-likeness (QED) is 0.504. The van der Waals surface area contributed by atoms with Crippen LogP contribution in [0.25, 0.3) is 6.08 Å². The molecule has 0 unspecified atom stereocenters. The molecule has 1 aliphatic carbocycles. The van der Waals surface area contributed by atoms with Crippen LogP contribution in [0.15, 0.2) is 36.4 Å². The summed E-state index contributed by atoms with van der Waals surface area (Å²) < 4.78 is 10.8. The maximum absolute atomic E-state index is 13.3. The van der Waals surface area contributed by atoms with E-state index in [4.69, 9.17) is 9.47 Å². The maximum atomic E-state index is 13.3. The number of hydrogen-bond donors (Lipinski definition) is 0. The molecule has 9 nitrogen and oxygen atoms in total. The summed E-state index contributed by atoms with van der Waals surface area (Å²) in [5.74, 6) is -1.76. The number of ether oxygens (including phenoxy) is 2. The Morgan fingerprint density at radius 3 is 2.38 bits per heavy atom. The van der Waals surface area contributed by atoms with Crippen LogP contribution in [0.5, 0.6) is 0 Å². The third kappa shape index (κ3) is 3.90. The van der Waals surface area contributed by atoms with Crippen molar-refractivity contribution in [3.63, 3.8) is 0 Å². The van der Waals surface area contributed by atoms with E-state index in [9.17, 15) is 14.4 Å². The molecule has 1 saturated carbocycles. The van der Waals surface area contributed by atoms with Crippen LogP contribution in [0, 0.1) is 0 Å². The summed E-state index contributed by atoms with van der Waals surface area (Å²) in [6.45, 7) is 0. The van der Waals surface area contributed by atoms with Gasteiger partial charge < -0.3 is 14.4 Å². The highest BCUT2D eigenvalue weighted by Gasteiger charge is 2.52. The van der Waals surface area contributed by atoms with Gasteiger partial charge in [-0.2, -0.15) is 0 Å². The predicted molar refractivity (Wildman–Crippen MR) is 115 cm³/mol. The second-order valence-corrected chi connectivity index (χ2v) is 7.96. The Hall–Kier alpha value is -3.49. The molecule has 1 aromatic heterocycles. The number of esters is 2. The van der Waals surface area contributed by atoms with Gasteiger partial charge >= 0.3 is 11.9 Å². The topological polar surface area (TPSA) is 104 Å². The number of amides is 1. The minimum Gasteiger partial charge on any atom is -0.464 e. The largest absolute Gasteiger partial charge is 0.464 e. The van der Waals surface area contributed by atoms with Crippen molar-refractivity contribution in [2.45, 2.75) is 50.2 Å². The van der Waals surface area contributed by atoms with Gasteiger partial charge in [-0.1, -0.05) is 67.0 Å². The number of benzene rings is 1. The molecule has 1 amide bonds. The van der Waals surface area contributed by atoms with Crippen molar-refractivity contribution in [3.8, 4) is 0 Å². The first-order valence-corrected chi connectivity index (χ1v) is 10.7. The number of nitrogens with zero attached hydrogens (tertiary/aromatic N) is 4. The standard InChI is InChI=1S/C23H26N4O5/c1-31-22(29)18-20(23(30)32-2)27(25-24-18)19-17(14-13-15-9-5-3-6-10-15)26(21(19)28)16-11-7-4-8-12-16/h3,5-6,9-10,13-14,16-17,19H,4,7-8,11-12H2,1-2H3/b14-13+/t17-,19+/m1/s1. The summed E-state index contributed by atoms with van der Waals surface area (Å²) in [6, 6.07) is 8.78. The van der Waals surface area contributed by atoms with Gasteiger partial charge in [-0.3, -0.25) is 4.79 Å². The van der Waals surface area contributed by atoms with Gasteiger partial charge in [0.15, 0.2) is 11.7 Å². The number of carbonyl (C=O) groups is 3. The van der Waals surface area contributed by atoms with Crippen LogP contribution in [0.1, 0.15) is 64.7 Å². The van der Waals surface area contributed by atoms with E-state index in [2.05, 4.69) is 10.3 Å². The Morgan fingerprint density at radius 2 is 1.72 bits per heavy atom. The van der Waals surface area contributed by atoms with E-state index in [1.54, 1.807) is 0 Å². The second-order valence-electron chi connectivity index (χ2n) is 7.96. The molecule has 32 heavy (non-hydrogen) atoms. The van der Waals surface area contributed by atoms with Crippen LogP contribution >= 0.6 is 0 Å². The molecule has 0 N–H and O–H groups in total. The Bertz CT molecular complexity index is 1030. The number of likely N-dealkylation sites (tertiary alicyclic amines) is 1. The lowest BCUT2D eigenvalue weighted by atomic mass is 9.85. The molecule has 2 atom stereocenters. The lowest BCUT2D eigenvalue weighted by Gasteiger charge is -2.50. The Labute approximate surface area is 186 Å². The van der Waals surface area contributed by atoms with Gasteiger partial charge in [-0.05, 0) is 18.4 Å². The van der Waals surface area contributed by atoms with Crippen molar-refractivity contribution < 1.29 is 23.9 Å². The molecule has 9 heteroatoms. The Morgan fingerprint density at radius 1 is 1.03 bits per heavy atom. The first kappa shape index (κ1) is 21.7. The fourth-order valence-corrected chi connectivity index (χ4v) is 4.53. The van der Waals surface area contributed by atoms with Gasteiger partial charge in [0.05, 0.1) is 20.3 Å². The summed E-state index contributed by atoms with van der Waals surface area (Å²) in [4.78, 5) is 39.8. The molecular formula is C23H26N4O5. The average Bonchev–Trinajstić information content (AvgIpc) is 3.26. The van der Waals surface area contributed by atoms with Gasteiger partial charge in [0.2, 0.25) is 5.69 Å². The SMILES string of the molecule is COC(=O)c1nnn([C@@H]2C(=O)N(C3CCCCC3)[C@@H]2/C=C/c2ccccc2)c1C(=O)OC. The van der Waals surface area contributed by atoms with Crippen molar-refractivity contribution in [1.29, 1.82) is 0 Å². The van der Waals surface area contributed by atoms with Gasteiger partial charge in [-0.25, -0.2) is 14.3 Å². The normalized spacial score (nSPS) is 21.4. The molecule has 2 aromatic rings. The summed E-state index contributed by atoms with van der Waals surface area (Å²) in [5.41, 5.74) is 0.546. The van der Waals surface area contributed by atoms with Crippen LogP contribution in [-0.4, -0.2) is 64.0 Å². The lowest BCUT2D eigenvalue weighted by Crippen LogP contribution is -2.64. The first-order chi connectivity index (χ1) is 15.6. The highest BCUT2D eigenvalue weighted by atomic mass is 16.5. The molecule has 2 fully saturated rings. The molecular weight excluding hydrogens is 412 g/mol. The average molecular weight is 438 g/mol. The van der Waals surface area contributed by atoms with Crippen LogP contribution < -0.4 is 0 Å². The van der Waals surface area contributed by atoms with Crippen molar-refractivity contribution in [1.82, 2.24) is 19.9 Å². The smallest absolute Gasteiger partial charge is 0.361 e. The number of β-lactam (4-membered cyclic amide) rings is 1. The predicted octanol–water partition coefficient (Wildman–Crippen LogP) is 2.65. The van der Waals surface area contributed by atoms with Gasteiger partial charge in [0.25, 0.3) is 5.91 Å². The fraction of sp³-hybridized carbons (Fsp3) is 0.435. The third-order valence-corrected chi connectivity index (χ3v) is 6.12. The zero-order valence-electron chi connectivity index (χ0n) is 18.1. The van der Waals surface area contributed by atoms with E-state index in [0.717, 1.165) is 31.2 Å². The zero-order chi connectivity index (χ0) is 22.7. The van der Waals surface area contributed by atoms with Crippen LogP contribution in [0.2, 0.25) is 0 Å². The van der Waals surface area contributed by atoms with E-state index in [1.807, 2.05) is 47.4 Å². The van der Waals surface area contributed by atoms with E-state index >= 15 is 0 Å². The zero-order valence-corrected chi connectivity index (χ0v) is 18.1. The molecule has 1 aromatic carbocycles. The minimum atomic E-state index is -0.816. The number of carbonyl (C=O) groups excluding carboxylic acids is 3. The molecule has 0 radical (unpaired) electrons. The highest BCUT2D eigenvalue weighted by molar-refractivity contribution is 6.01. The van der Waals surface area contributed by atoms with Gasteiger partial charge in [0, 0.05) is 6.04 Å². The van der Waals surface area contributed by atoms with Crippen LogP contribution in [0.3, 0.4) is 0 Å². The van der Waals surface area contributed by atoms with Crippen molar-refractivity contribution in [2.24, 2.45) is 0 Å². The molecule has 168 valence electrons. The Balaban J connectivity index is 1.72. The van der Waals surface area contributed by atoms with Crippen molar-refractivity contribution in [3.05, 3.63) is 53.4 Å². The first-order valence-electron chi connectivity index (χ1n) is 10.7. The number of rotatable bonds is 6. The monoisotopic (exact) mass is 438 g/mol. The Kier molecular flexibility index (Phi) is 6.34. The number of aromatic nitrogens is 3. The fourth-order valence-electron chi connectivity index (χ4n) is 4.53. The third-order valence-electron chi connectivity index (χ3n) is 6.12. The molecule has 4 rings (SSSR count). The second kappa shape index (κ2) is 9.33. The molecule has 2 aliphatic rings. The molecule has 1 aliphatic heterocycles. The minimum absolute atomic E-state index is 0.142.